The third-order valence-corrected chi connectivity index (χ3v) is 4.42. The first-order valence-corrected chi connectivity index (χ1v) is 8.03. The van der Waals surface area contributed by atoms with E-state index in [-0.39, 0.29) is 12.0 Å². The van der Waals surface area contributed by atoms with Crippen LogP contribution in [0, 0.1) is 5.41 Å². The summed E-state index contributed by atoms with van der Waals surface area (Å²) in [6, 6.07) is 4.30. The molecule has 2 amide bonds. The number of ether oxygens (including phenoxy) is 1. The van der Waals surface area contributed by atoms with Crippen LogP contribution in [0.25, 0.3) is 11.0 Å². The molecule has 7 nitrogen and oxygen atoms in total. The summed E-state index contributed by atoms with van der Waals surface area (Å²) in [6.45, 7) is 1.55. The fourth-order valence-corrected chi connectivity index (χ4v) is 2.97. The Kier molecular flexibility index (Phi) is 5.14. The van der Waals surface area contributed by atoms with Crippen LogP contribution in [0.2, 0.25) is 0 Å². The molecule has 3 rings (SSSR count). The van der Waals surface area contributed by atoms with Gasteiger partial charge in [-0.05, 0) is 31.0 Å². The topological polar surface area (TPSA) is 99.3 Å². The minimum absolute atomic E-state index is 0.0373. The van der Waals surface area contributed by atoms with Gasteiger partial charge in [-0.1, -0.05) is 0 Å². The van der Waals surface area contributed by atoms with Crippen molar-refractivity contribution in [3.05, 3.63) is 24.0 Å². The van der Waals surface area contributed by atoms with Gasteiger partial charge in [-0.2, -0.15) is 0 Å². The van der Waals surface area contributed by atoms with Crippen LogP contribution in [0.5, 0.6) is 0 Å². The van der Waals surface area contributed by atoms with Crippen molar-refractivity contribution in [3.8, 4) is 0 Å². The highest BCUT2D eigenvalue weighted by Crippen LogP contribution is 2.31. The number of amides is 2. The van der Waals surface area contributed by atoms with E-state index in [0.29, 0.717) is 42.9 Å². The largest absolute Gasteiger partial charge is 0.396 e. The predicted molar refractivity (Wildman–Crippen MR) is 87.6 cm³/mol. The van der Waals surface area contributed by atoms with Crippen molar-refractivity contribution in [2.45, 2.75) is 19.3 Å². The number of hydrogen-bond acceptors (Lipinski definition) is 4. The quantitative estimate of drug-likeness (QED) is 0.640. The van der Waals surface area contributed by atoms with Crippen LogP contribution >= 0.6 is 0 Å². The van der Waals surface area contributed by atoms with Gasteiger partial charge in [0.25, 0.3) is 6.43 Å². The van der Waals surface area contributed by atoms with Crippen molar-refractivity contribution < 1.29 is 23.4 Å². The van der Waals surface area contributed by atoms with E-state index in [4.69, 9.17) is 4.74 Å². The molecule has 1 fully saturated rings. The predicted octanol–water partition coefficient (Wildman–Crippen LogP) is 2.41. The Bertz CT molecular complexity index is 744. The Morgan fingerprint density at radius 1 is 1.48 bits per heavy atom. The molecule has 1 aliphatic rings. The van der Waals surface area contributed by atoms with E-state index >= 15 is 0 Å². The number of H-pyrrole nitrogens is 1. The Balaban J connectivity index is 1.61. The second-order valence-electron chi connectivity index (χ2n) is 6.24. The first kappa shape index (κ1) is 17.6. The molecule has 2 aromatic rings. The molecule has 1 aromatic carbocycles. The lowest BCUT2D eigenvalue weighted by Gasteiger charge is -2.26. The van der Waals surface area contributed by atoms with Crippen LogP contribution in [-0.4, -0.2) is 47.5 Å². The van der Waals surface area contributed by atoms with E-state index < -0.39 is 18.3 Å². The van der Waals surface area contributed by atoms with Gasteiger partial charge in [-0.15, -0.1) is 0 Å². The Morgan fingerprint density at radius 3 is 3.00 bits per heavy atom. The minimum Gasteiger partial charge on any atom is -0.396 e. The first-order valence-electron chi connectivity index (χ1n) is 8.03. The van der Waals surface area contributed by atoms with Gasteiger partial charge in [0.15, 0.2) is 5.82 Å². The van der Waals surface area contributed by atoms with Crippen LogP contribution in [0.15, 0.2) is 18.2 Å². The highest BCUT2D eigenvalue weighted by molar-refractivity contribution is 5.91. The number of carbonyl (C=O) groups is 1. The van der Waals surface area contributed by atoms with Crippen molar-refractivity contribution in [2.24, 2.45) is 5.41 Å². The lowest BCUT2D eigenvalue weighted by molar-refractivity contribution is 0.126. The molecule has 25 heavy (non-hydrogen) atoms. The number of urea groups is 1. The summed E-state index contributed by atoms with van der Waals surface area (Å²) < 4.78 is 30.7. The molecule has 0 saturated carbocycles. The fourth-order valence-electron chi connectivity index (χ4n) is 2.97. The summed E-state index contributed by atoms with van der Waals surface area (Å²) in [7, 11) is 0. The van der Waals surface area contributed by atoms with Gasteiger partial charge in [0.05, 0.1) is 17.6 Å². The normalized spacial score (nSPS) is 20.3. The van der Waals surface area contributed by atoms with Gasteiger partial charge < -0.3 is 25.5 Å². The Labute approximate surface area is 142 Å². The second-order valence-corrected chi connectivity index (χ2v) is 6.24. The zero-order valence-corrected chi connectivity index (χ0v) is 13.5. The number of fused-ring (bicyclic) bond motifs is 1. The highest BCUT2D eigenvalue weighted by atomic mass is 19.3. The molecule has 1 aromatic heterocycles. The number of aromatic amines is 1. The number of anilines is 1. The molecule has 1 unspecified atom stereocenters. The maximum absolute atomic E-state index is 12.7. The van der Waals surface area contributed by atoms with E-state index in [1.165, 1.54) is 0 Å². The van der Waals surface area contributed by atoms with Gasteiger partial charge in [-0.3, -0.25) is 0 Å². The molecule has 1 saturated heterocycles. The van der Waals surface area contributed by atoms with E-state index in [1.54, 1.807) is 18.2 Å². The van der Waals surface area contributed by atoms with E-state index in [9.17, 15) is 18.7 Å². The molecule has 1 aliphatic heterocycles. The van der Waals surface area contributed by atoms with Gasteiger partial charge in [0, 0.05) is 30.9 Å². The van der Waals surface area contributed by atoms with Crippen molar-refractivity contribution >= 4 is 22.8 Å². The molecule has 136 valence electrons. The molecule has 2 heterocycles. The van der Waals surface area contributed by atoms with Crippen LogP contribution < -0.4 is 10.6 Å². The van der Waals surface area contributed by atoms with Crippen LogP contribution in [-0.2, 0) is 4.74 Å². The monoisotopic (exact) mass is 354 g/mol. The number of hydrogen-bond donors (Lipinski definition) is 4. The van der Waals surface area contributed by atoms with Crippen molar-refractivity contribution in [3.63, 3.8) is 0 Å². The van der Waals surface area contributed by atoms with E-state index in [1.807, 2.05) is 0 Å². The average Bonchev–Trinajstić information content (AvgIpc) is 3.20. The Hall–Kier alpha value is -2.26. The van der Waals surface area contributed by atoms with Crippen LogP contribution in [0.4, 0.5) is 19.3 Å². The summed E-state index contributed by atoms with van der Waals surface area (Å²) in [4.78, 5) is 18.4. The lowest BCUT2D eigenvalue weighted by Crippen LogP contribution is -2.40. The van der Waals surface area contributed by atoms with Gasteiger partial charge >= 0.3 is 6.03 Å². The summed E-state index contributed by atoms with van der Waals surface area (Å²) >= 11 is 0. The lowest BCUT2D eigenvalue weighted by atomic mass is 9.84. The smallest absolute Gasteiger partial charge is 0.319 e. The molecule has 0 aliphatic carbocycles. The average molecular weight is 354 g/mol. The first-order chi connectivity index (χ1) is 12.0. The number of aromatic nitrogens is 2. The number of nitrogens with one attached hydrogen (secondary N) is 3. The van der Waals surface area contributed by atoms with E-state index in [2.05, 4.69) is 20.6 Å². The summed E-state index contributed by atoms with van der Waals surface area (Å²) in [5, 5.41) is 14.6. The molecule has 0 spiro atoms. The molecule has 4 N–H and O–H groups in total. The third-order valence-electron chi connectivity index (χ3n) is 4.42. The molecule has 9 heteroatoms. The number of rotatable bonds is 6. The third kappa shape index (κ3) is 4.05. The second kappa shape index (κ2) is 7.32. The zero-order valence-electron chi connectivity index (χ0n) is 13.5. The Morgan fingerprint density at radius 2 is 2.32 bits per heavy atom. The highest BCUT2D eigenvalue weighted by Gasteiger charge is 2.34. The number of alkyl halides is 2. The number of nitrogens with zero attached hydrogens (tertiary/aromatic N) is 1. The van der Waals surface area contributed by atoms with Crippen LogP contribution in [0.3, 0.4) is 0 Å². The standard InChI is InChI=1S/C16H20F2N4O3/c17-13(18)14-21-11-2-1-10(7-12(11)22-14)20-15(24)19-8-16(3-5-23)4-6-25-9-16/h1-2,7,13,23H,3-6,8-9H2,(H,21,22)(H2,19,20,24). The summed E-state index contributed by atoms with van der Waals surface area (Å²) in [5.41, 5.74) is 1.06. The number of halogens is 2. The molecular formula is C16H20F2N4O3. The number of imidazole rings is 1. The minimum atomic E-state index is -2.68. The maximum atomic E-state index is 12.7. The van der Waals surface area contributed by atoms with Gasteiger partial charge in [0.1, 0.15) is 0 Å². The number of aliphatic hydroxyl groups is 1. The number of carbonyl (C=O) groups excluding carboxylic acids is 1. The van der Waals surface area contributed by atoms with Gasteiger partial charge in [0.2, 0.25) is 0 Å². The number of benzene rings is 1. The molecule has 1 atom stereocenters. The molecular weight excluding hydrogens is 334 g/mol. The van der Waals surface area contributed by atoms with Gasteiger partial charge in [-0.25, -0.2) is 18.6 Å². The SMILES string of the molecule is O=C(NCC1(CCO)CCOC1)Nc1ccc2nc(C(F)F)[nH]c2c1. The van der Waals surface area contributed by atoms with Crippen molar-refractivity contribution in [2.75, 3.05) is 31.7 Å². The summed E-state index contributed by atoms with van der Waals surface area (Å²) in [5.74, 6) is -0.399. The van der Waals surface area contributed by atoms with E-state index in [0.717, 1.165) is 6.42 Å². The van der Waals surface area contributed by atoms with Crippen molar-refractivity contribution in [1.29, 1.82) is 0 Å². The summed E-state index contributed by atoms with van der Waals surface area (Å²) in [6.07, 6.45) is -1.34. The molecule has 0 radical (unpaired) electrons. The fraction of sp³-hybridized carbons (Fsp3) is 0.500. The zero-order chi connectivity index (χ0) is 17.9. The maximum Gasteiger partial charge on any atom is 0.319 e. The number of aliphatic hydroxyl groups excluding tert-OH is 1. The van der Waals surface area contributed by atoms with Crippen molar-refractivity contribution in [1.82, 2.24) is 15.3 Å². The molecule has 0 bridgehead atoms. The van der Waals surface area contributed by atoms with Crippen LogP contribution in [0.1, 0.15) is 25.1 Å².